The third-order valence-electron chi connectivity index (χ3n) is 3.06. The van der Waals surface area contributed by atoms with Crippen LogP contribution in [-0.2, 0) is 16.6 Å². The molecule has 1 aromatic rings. The molecule has 1 atom stereocenters. The Labute approximate surface area is 115 Å². The van der Waals surface area contributed by atoms with Crippen molar-refractivity contribution < 1.29 is 13.5 Å². The van der Waals surface area contributed by atoms with Crippen molar-refractivity contribution in [1.82, 2.24) is 9.71 Å². The smallest absolute Gasteiger partial charge is 0.242 e. The number of rotatable bonds is 9. The van der Waals surface area contributed by atoms with Crippen LogP contribution in [0.4, 0.5) is 0 Å². The number of hydrogen-bond acceptors (Lipinski definition) is 3. The Balaban J connectivity index is 2.74. The van der Waals surface area contributed by atoms with Crippen LogP contribution in [0.15, 0.2) is 17.2 Å². The fourth-order valence-electron chi connectivity index (χ4n) is 2.01. The number of hydrogen-bond donors (Lipinski definition) is 3. The van der Waals surface area contributed by atoms with Gasteiger partial charge in [0, 0.05) is 17.9 Å². The van der Waals surface area contributed by atoms with Gasteiger partial charge in [-0.3, -0.25) is 0 Å². The summed E-state index contributed by atoms with van der Waals surface area (Å²) in [5.41, 5.74) is 0.501. The quantitative estimate of drug-likeness (QED) is 0.651. The van der Waals surface area contributed by atoms with Crippen LogP contribution >= 0.6 is 0 Å². The highest BCUT2D eigenvalue weighted by molar-refractivity contribution is 7.89. The molecular formula is C13H24N2O3S. The van der Waals surface area contributed by atoms with E-state index in [1.165, 1.54) is 12.3 Å². The molecule has 1 aromatic heterocycles. The van der Waals surface area contributed by atoms with Gasteiger partial charge in [-0.05, 0) is 18.9 Å². The summed E-state index contributed by atoms with van der Waals surface area (Å²) in [6.45, 7) is 3.95. The van der Waals surface area contributed by atoms with E-state index in [2.05, 4.69) is 16.6 Å². The summed E-state index contributed by atoms with van der Waals surface area (Å²) in [7, 11) is -3.49. The predicted octanol–water partition coefficient (Wildman–Crippen LogP) is 2.14. The second kappa shape index (κ2) is 7.67. The van der Waals surface area contributed by atoms with Crippen molar-refractivity contribution in [3.05, 3.63) is 18.0 Å². The van der Waals surface area contributed by atoms with Crippen molar-refractivity contribution in [3.8, 4) is 0 Å². The van der Waals surface area contributed by atoms with Crippen LogP contribution in [-0.4, -0.2) is 24.6 Å². The van der Waals surface area contributed by atoms with Gasteiger partial charge in [-0.15, -0.1) is 0 Å². The third-order valence-corrected chi connectivity index (χ3v) is 4.56. The Morgan fingerprint density at radius 1 is 1.32 bits per heavy atom. The van der Waals surface area contributed by atoms with Crippen LogP contribution in [0.5, 0.6) is 0 Å². The van der Waals surface area contributed by atoms with Crippen molar-refractivity contribution in [3.63, 3.8) is 0 Å². The minimum absolute atomic E-state index is 0.0116. The van der Waals surface area contributed by atoms with E-state index in [0.29, 0.717) is 5.69 Å². The standard InChI is InChI=1S/C13H24N2O3S/c1-3-5-7-11(6-4-2)15-19(17,18)13-8-12(10-16)14-9-13/h8-9,11,14-16H,3-7,10H2,1-2H3. The van der Waals surface area contributed by atoms with Crippen molar-refractivity contribution in [1.29, 1.82) is 0 Å². The summed E-state index contributed by atoms with van der Waals surface area (Å²) in [5.74, 6) is 0. The summed E-state index contributed by atoms with van der Waals surface area (Å²) in [4.78, 5) is 2.93. The van der Waals surface area contributed by atoms with Gasteiger partial charge in [0.2, 0.25) is 10.0 Å². The molecule has 110 valence electrons. The van der Waals surface area contributed by atoms with Gasteiger partial charge in [-0.1, -0.05) is 33.1 Å². The zero-order valence-corrected chi connectivity index (χ0v) is 12.5. The lowest BCUT2D eigenvalue weighted by atomic mass is 10.1. The lowest BCUT2D eigenvalue weighted by molar-refractivity contribution is 0.277. The number of aromatic amines is 1. The van der Waals surface area contributed by atoms with E-state index in [1.807, 2.05) is 6.92 Å². The summed E-state index contributed by atoms with van der Waals surface area (Å²) in [6, 6.07) is 1.45. The molecule has 5 nitrogen and oxygen atoms in total. The van der Waals surface area contributed by atoms with Crippen LogP contribution in [0.2, 0.25) is 0 Å². The molecule has 0 radical (unpaired) electrons. The maximum atomic E-state index is 12.2. The van der Waals surface area contributed by atoms with Gasteiger partial charge in [0.1, 0.15) is 0 Å². The van der Waals surface area contributed by atoms with E-state index < -0.39 is 10.0 Å². The molecule has 0 saturated carbocycles. The molecule has 0 spiro atoms. The maximum Gasteiger partial charge on any atom is 0.242 e. The van der Waals surface area contributed by atoms with E-state index in [-0.39, 0.29) is 17.5 Å². The zero-order chi connectivity index (χ0) is 14.3. The number of aliphatic hydroxyl groups excluding tert-OH is 1. The van der Waals surface area contributed by atoms with Gasteiger partial charge in [0.15, 0.2) is 0 Å². The molecule has 1 rings (SSSR count). The number of aromatic nitrogens is 1. The van der Waals surface area contributed by atoms with E-state index >= 15 is 0 Å². The van der Waals surface area contributed by atoms with Gasteiger partial charge in [0.25, 0.3) is 0 Å². The lowest BCUT2D eigenvalue weighted by Crippen LogP contribution is -2.34. The largest absolute Gasteiger partial charge is 0.390 e. The molecule has 3 N–H and O–H groups in total. The molecule has 0 bridgehead atoms. The lowest BCUT2D eigenvalue weighted by Gasteiger charge is -2.17. The second-order valence-corrected chi connectivity index (χ2v) is 6.48. The fourth-order valence-corrected chi connectivity index (χ4v) is 3.34. The van der Waals surface area contributed by atoms with Crippen molar-refractivity contribution in [2.75, 3.05) is 0 Å². The number of aliphatic hydroxyl groups is 1. The predicted molar refractivity (Wildman–Crippen MR) is 75.3 cm³/mol. The average Bonchev–Trinajstić information content (AvgIpc) is 2.85. The molecule has 0 aliphatic heterocycles. The number of H-pyrrole nitrogens is 1. The minimum atomic E-state index is -3.49. The Morgan fingerprint density at radius 2 is 2.05 bits per heavy atom. The van der Waals surface area contributed by atoms with E-state index in [4.69, 9.17) is 5.11 Å². The van der Waals surface area contributed by atoms with Crippen LogP contribution in [0.1, 0.15) is 51.6 Å². The molecule has 0 aliphatic rings. The molecule has 0 amide bonds. The van der Waals surface area contributed by atoms with Crippen molar-refractivity contribution in [2.24, 2.45) is 0 Å². The van der Waals surface area contributed by atoms with E-state index in [9.17, 15) is 8.42 Å². The number of unbranched alkanes of at least 4 members (excludes halogenated alkanes) is 1. The van der Waals surface area contributed by atoms with Crippen LogP contribution < -0.4 is 4.72 Å². The van der Waals surface area contributed by atoms with Gasteiger partial charge in [-0.25, -0.2) is 13.1 Å². The summed E-state index contributed by atoms with van der Waals surface area (Å²) >= 11 is 0. The first-order valence-electron chi connectivity index (χ1n) is 6.84. The number of sulfonamides is 1. The normalized spacial score (nSPS) is 13.6. The Kier molecular flexibility index (Phi) is 6.54. The van der Waals surface area contributed by atoms with Gasteiger partial charge in [0.05, 0.1) is 11.5 Å². The van der Waals surface area contributed by atoms with Crippen LogP contribution in [0.3, 0.4) is 0 Å². The highest BCUT2D eigenvalue weighted by Gasteiger charge is 2.20. The zero-order valence-electron chi connectivity index (χ0n) is 11.6. The van der Waals surface area contributed by atoms with Crippen LogP contribution in [0, 0.1) is 0 Å². The average molecular weight is 288 g/mol. The molecule has 0 aliphatic carbocycles. The highest BCUT2D eigenvalue weighted by atomic mass is 32.2. The third kappa shape index (κ3) is 4.97. The fraction of sp³-hybridized carbons (Fsp3) is 0.692. The second-order valence-electron chi connectivity index (χ2n) is 4.77. The van der Waals surface area contributed by atoms with E-state index in [1.54, 1.807) is 0 Å². The Bertz CT molecular complexity index is 468. The Morgan fingerprint density at radius 3 is 2.58 bits per heavy atom. The van der Waals surface area contributed by atoms with Crippen molar-refractivity contribution >= 4 is 10.0 Å². The maximum absolute atomic E-state index is 12.2. The molecule has 1 heterocycles. The van der Waals surface area contributed by atoms with Gasteiger partial charge >= 0.3 is 0 Å². The Hall–Kier alpha value is -0.850. The molecule has 1 unspecified atom stereocenters. The minimum Gasteiger partial charge on any atom is -0.390 e. The molecule has 0 saturated heterocycles. The molecule has 19 heavy (non-hydrogen) atoms. The first kappa shape index (κ1) is 16.2. The number of nitrogens with one attached hydrogen (secondary N) is 2. The topological polar surface area (TPSA) is 82.2 Å². The van der Waals surface area contributed by atoms with Gasteiger partial charge < -0.3 is 10.1 Å². The summed E-state index contributed by atoms with van der Waals surface area (Å²) in [5, 5.41) is 8.95. The summed E-state index contributed by atoms with van der Waals surface area (Å²) in [6.07, 6.45) is 6.14. The molecular weight excluding hydrogens is 264 g/mol. The molecule has 6 heteroatoms. The summed E-state index contributed by atoms with van der Waals surface area (Å²) < 4.78 is 27.1. The molecule has 0 fully saturated rings. The monoisotopic (exact) mass is 288 g/mol. The van der Waals surface area contributed by atoms with E-state index in [0.717, 1.165) is 32.1 Å². The van der Waals surface area contributed by atoms with Crippen molar-refractivity contribution in [2.45, 2.75) is 63.5 Å². The highest BCUT2D eigenvalue weighted by Crippen LogP contribution is 2.14. The van der Waals surface area contributed by atoms with Crippen LogP contribution in [0.25, 0.3) is 0 Å². The first-order chi connectivity index (χ1) is 9.03. The van der Waals surface area contributed by atoms with Gasteiger partial charge in [-0.2, -0.15) is 0 Å². The molecule has 0 aromatic carbocycles. The first-order valence-corrected chi connectivity index (χ1v) is 8.32. The SMILES string of the molecule is CCCCC(CCC)NS(=O)(=O)c1c[nH]c(CO)c1.